The van der Waals surface area contributed by atoms with Crippen molar-refractivity contribution in [1.82, 2.24) is 5.32 Å². The Labute approximate surface area is 98.8 Å². The third kappa shape index (κ3) is 3.31. The van der Waals surface area contributed by atoms with E-state index in [9.17, 15) is 26.7 Å². The highest BCUT2D eigenvalue weighted by atomic mass is 19.3. The lowest BCUT2D eigenvalue weighted by molar-refractivity contribution is -0.123. The molecule has 3 N–H and O–H groups in total. The monoisotopic (exact) mass is 268 g/mol. The molecule has 0 unspecified atom stereocenters. The van der Waals surface area contributed by atoms with Gasteiger partial charge in [-0.2, -0.15) is 8.78 Å². The van der Waals surface area contributed by atoms with Crippen molar-refractivity contribution in [1.29, 1.82) is 0 Å². The normalized spacial score (nSPS) is 11.7. The van der Waals surface area contributed by atoms with Crippen molar-refractivity contribution in [3.05, 3.63) is 29.6 Å². The summed E-state index contributed by atoms with van der Waals surface area (Å²) in [6.45, 7) is -1.59. The van der Waals surface area contributed by atoms with Gasteiger partial charge in [-0.15, -0.1) is 0 Å². The van der Waals surface area contributed by atoms with Gasteiger partial charge in [-0.25, -0.2) is 13.2 Å². The Hall–Kier alpha value is -1.86. The number of hydrogen-bond acceptors (Lipinski definition) is 2. The molecular weight excluding hydrogens is 259 g/mol. The molecule has 0 aliphatic carbocycles. The predicted octanol–water partition coefficient (Wildman–Crippen LogP) is 2.04. The molecule has 0 bridgehead atoms. The van der Waals surface area contributed by atoms with Crippen LogP contribution in [0.5, 0.6) is 0 Å². The summed E-state index contributed by atoms with van der Waals surface area (Å²) in [7, 11) is 0. The molecule has 3 nitrogen and oxygen atoms in total. The van der Waals surface area contributed by atoms with Crippen LogP contribution in [0, 0.1) is 5.82 Å². The van der Waals surface area contributed by atoms with E-state index in [2.05, 4.69) is 0 Å². The number of amides is 1. The van der Waals surface area contributed by atoms with Gasteiger partial charge in [-0.3, -0.25) is 4.79 Å². The molecule has 0 aliphatic heterocycles. The third-order valence-electron chi connectivity index (χ3n) is 2.04. The maximum Gasteiger partial charge on any atom is 0.324 e. The van der Waals surface area contributed by atoms with Gasteiger partial charge in [-0.05, 0) is 18.2 Å². The minimum Gasteiger partial charge on any atom is -0.399 e. The number of anilines is 1. The smallest absolute Gasteiger partial charge is 0.324 e. The van der Waals surface area contributed by atoms with Crippen LogP contribution in [-0.2, 0) is 0 Å². The Morgan fingerprint density at radius 1 is 1.39 bits per heavy atom. The number of carbonyl (C=O) groups is 1. The zero-order chi connectivity index (χ0) is 13.9. The zero-order valence-corrected chi connectivity index (χ0v) is 8.89. The van der Waals surface area contributed by atoms with Crippen molar-refractivity contribution < 1.29 is 26.7 Å². The van der Waals surface area contributed by atoms with Gasteiger partial charge in [0.2, 0.25) is 0 Å². The Morgan fingerprint density at radius 2 is 2.00 bits per heavy atom. The Morgan fingerprint density at radius 3 is 2.56 bits per heavy atom. The first-order valence-electron chi connectivity index (χ1n) is 4.73. The number of hydrogen-bond donors (Lipinski definition) is 2. The number of halogens is 5. The first-order valence-corrected chi connectivity index (χ1v) is 4.73. The second-order valence-corrected chi connectivity index (χ2v) is 3.48. The van der Waals surface area contributed by atoms with E-state index in [1.165, 1.54) is 11.4 Å². The van der Waals surface area contributed by atoms with E-state index >= 15 is 0 Å². The summed E-state index contributed by atoms with van der Waals surface area (Å²) in [5, 5.41) is 1.52. The molecule has 1 aromatic rings. The van der Waals surface area contributed by atoms with Crippen LogP contribution in [0.1, 0.15) is 10.4 Å². The topological polar surface area (TPSA) is 55.1 Å². The van der Waals surface area contributed by atoms with Gasteiger partial charge in [0.1, 0.15) is 5.82 Å². The lowest BCUT2D eigenvalue weighted by atomic mass is 10.1. The van der Waals surface area contributed by atoms with Crippen molar-refractivity contribution in [2.75, 3.05) is 12.3 Å². The first kappa shape index (κ1) is 14.2. The molecule has 100 valence electrons. The van der Waals surface area contributed by atoms with Gasteiger partial charge < -0.3 is 11.1 Å². The van der Waals surface area contributed by atoms with Crippen molar-refractivity contribution in [2.45, 2.75) is 12.3 Å². The Kier molecular flexibility index (Phi) is 4.10. The van der Waals surface area contributed by atoms with Crippen LogP contribution in [0.2, 0.25) is 0 Å². The highest BCUT2D eigenvalue weighted by Gasteiger charge is 2.40. The van der Waals surface area contributed by atoms with Gasteiger partial charge in [0.25, 0.3) is 5.91 Å². The van der Waals surface area contributed by atoms with E-state index in [4.69, 9.17) is 5.73 Å². The maximum absolute atomic E-state index is 13.1. The molecule has 1 amide bonds. The molecule has 0 atom stereocenters. The minimum atomic E-state index is -4.37. The predicted molar refractivity (Wildman–Crippen MR) is 54.1 cm³/mol. The highest BCUT2D eigenvalue weighted by molar-refractivity contribution is 5.95. The summed E-state index contributed by atoms with van der Waals surface area (Å²) in [5.74, 6) is -6.59. The number of nitrogens with two attached hydrogens (primary N) is 1. The molecule has 8 heteroatoms. The summed E-state index contributed by atoms with van der Waals surface area (Å²) in [5.41, 5.74) is 4.74. The van der Waals surface area contributed by atoms with Crippen LogP contribution in [0.25, 0.3) is 0 Å². The molecule has 0 aromatic heterocycles. The lowest BCUT2D eigenvalue weighted by Gasteiger charge is -2.15. The minimum absolute atomic E-state index is 0.0437. The standard InChI is InChI=1S/C10H9F5N2O/c11-7-2-1-5(16)3-6(7)8(18)17-4-10(14,15)9(12)13/h1-3,9H,4,16H2,(H,17,18). The quantitative estimate of drug-likeness (QED) is 0.648. The zero-order valence-electron chi connectivity index (χ0n) is 8.89. The molecule has 0 spiro atoms. The van der Waals surface area contributed by atoms with Crippen LogP contribution < -0.4 is 11.1 Å². The molecule has 0 aliphatic rings. The molecule has 0 fully saturated rings. The van der Waals surface area contributed by atoms with Gasteiger partial charge in [0.15, 0.2) is 0 Å². The molecule has 0 radical (unpaired) electrons. The fourth-order valence-electron chi connectivity index (χ4n) is 1.09. The maximum atomic E-state index is 13.1. The van der Waals surface area contributed by atoms with Crippen LogP contribution in [0.3, 0.4) is 0 Å². The molecule has 0 saturated carbocycles. The number of nitrogen functional groups attached to an aromatic ring is 1. The lowest BCUT2D eigenvalue weighted by Crippen LogP contribution is -2.41. The number of rotatable bonds is 4. The SMILES string of the molecule is Nc1ccc(F)c(C(=O)NCC(F)(F)C(F)F)c1. The Bertz CT molecular complexity index is 450. The van der Waals surface area contributed by atoms with E-state index in [0.29, 0.717) is 0 Å². The van der Waals surface area contributed by atoms with E-state index < -0.39 is 36.2 Å². The molecule has 0 heterocycles. The summed E-state index contributed by atoms with van der Waals surface area (Å²) in [4.78, 5) is 11.3. The number of alkyl halides is 4. The second-order valence-electron chi connectivity index (χ2n) is 3.48. The van der Waals surface area contributed by atoms with Crippen molar-refractivity contribution >= 4 is 11.6 Å². The van der Waals surface area contributed by atoms with E-state index in [-0.39, 0.29) is 5.69 Å². The molecular formula is C10H9F5N2O. The van der Waals surface area contributed by atoms with Crippen molar-refractivity contribution in [2.24, 2.45) is 0 Å². The fourth-order valence-corrected chi connectivity index (χ4v) is 1.09. The van der Waals surface area contributed by atoms with Gasteiger partial charge >= 0.3 is 12.3 Å². The van der Waals surface area contributed by atoms with Gasteiger partial charge in [-0.1, -0.05) is 0 Å². The average Bonchev–Trinajstić information content (AvgIpc) is 2.29. The summed E-state index contributed by atoms with van der Waals surface area (Å²) >= 11 is 0. The average molecular weight is 268 g/mol. The van der Waals surface area contributed by atoms with Crippen LogP contribution in [-0.4, -0.2) is 24.8 Å². The van der Waals surface area contributed by atoms with Crippen LogP contribution in [0.4, 0.5) is 27.6 Å². The largest absolute Gasteiger partial charge is 0.399 e. The molecule has 18 heavy (non-hydrogen) atoms. The first-order chi connectivity index (χ1) is 8.24. The number of nitrogens with one attached hydrogen (secondary N) is 1. The fraction of sp³-hybridized carbons (Fsp3) is 0.300. The van der Waals surface area contributed by atoms with E-state index in [1.54, 1.807) is 0 Å². The third-order valence-corrected chi connectivity index (χ3v) is 2.04. The molecule has 1 aromatic carbocycles. The summed E-state index contributed by atoms with van der Waals surface area (Å²) in [6, 6.07) is 2.96. The summed E-state index contributed by atoms with van der Waals surface area (Å²) in [6.07, 6.45) is -3.91. The van der Waals surface area contributed by atoms with E-state index in [1.807, 2.05) is 0 Å². The summed E-state index contributed by atoms with van der Waals surface area (Å²) < 4.78 is 61.8. The number of benzene rings is 1. The van der Waals surface area contributed by atoms with Gasteiger partial charge in [0.05, 0.1) is 12.1 Å². The molecule has 1 rings (SSSR count). The Balaban J connectivity index is 2.75. The second kappa shape index (κ2) is 5.19. The van der Waals surface area contributed by atoms with Crippen LogP contribution >= 0.6 is 0 Å². The highest BCUT2D eigenvalue weighted by Crippen LogP contribution is 2.21. The number of carbonyl (C=O) groups excluding carboxylic acids is 1. The molecule has 0 saturated heterocycles. The van der Waals surface area contributed by atoms with Crippen molar-refractivity contribution in [3.8, 4) is 0 Å². The van der Waals surface area contributed by atoms with E-state index in [0.717, 1.165) is 12.1 Å². The van der Waals surface area contributed by atoms with Gasteiger partial charge in [0, 0.05) is 5.69 Å². The van der Waals surface area contributed by atoms with Crippen molar-refractivity contribution in [3.63, 3.8) is 0 Å². The van der Waals surface area contributed by atoms with Crippen LogP contribution in [0.15, 0.2) is 18.2 Å².